The first-order valence-electron chi connectivity index (χ1n) is 9.59. The number of benzene rings is 2. The molecule has 0 aliphatic rings. The van der Waals surface area contributed by atoms with Crippen LogP contribution in [0.15, 0.2) is 58.8 Å². The molecule has 32 heavy (non-hydrogen) atoms. The van der Waals surface area contributed by atoms with Gasteiger partial charge in [0, 0.05) is 16.5 Å². The minimum Gasteiger partial charge on any atom is -0.343 e. The van der Waals surface area contributed by atoms with Crippen LogP contribution in [0.1, 0.15) is 29.8 Å². The normalized spacial score (nSPS) is 11.1. The molecule has 0 aliphatic carbocycles. The number of hydrogen-bond acceptors (Lipinski definition) is 7. The first kappa shape index (κ1) is 23.1. The summed E-state index contributed by atoms with van der Waals surface area (Å²) >= 11 is 1.20. The molecule has 10 heteroatoms. The molecule has 0 saturated carbocycles. The van der Waals surface area contributed by atoms with Crippen LogP contribution in [-0.4, -0.2) is 37.0 Å². The minimum atomic E-state index is -3.52. The summed E-state index contributed by atoms with van der Waals surface area (Å²) in [6.07, 6.45) is 0. The number of carbonyl (C=O) groups excluding carboxylic acids is 2. The van der Waals surface area contributed by atoms with Crippen LogP contribution >= 0.6 is 11.3 Å². The molecule has 0 spiro atoms. The third-order valence-corrected chi connectivity index (χ3v) is 7.44. The van der Waals surface area contributed by atoms with Gasteiger partial charge in [0.1, 0.15) is 0 Å². The van der Waals surface area contributed by atoms with Crippen molar-refractivity contribution in [3.8, 4) is 17.3 Å². The molecule has 0 atom stereocenters. The standard InChI is InChI=1S/C22H20N4O4S2/c1-14(2)32(29,30)17-8-5-7-15(10-17)21(28)24-12-20(27)26-22-25-19(13-31-22)18-9-4-3-6-16(18)11-23/h3-10,13-14H,12H2,1-2H3,(H,24,28)(H,25,26,27). The van der Waals surface area contributed by atoms with E-state index in [0.717, 1.165) is 0 Å². The quantitative estimate of drug-likeness (QED) is 0.548. The lowest BCUT2D eigenvalue weighted by molar-refractivity contribution is -0.115. The molecule has 0 aliphatic heterocycles. The van der Waals surface area contributed by atoms with E-state index in [1.807, 2.05) is 0 Å². The Morgan fingerprint density at radius 2 is 1.91 bits per heavy atom. The van der Waals surface area contributed by atoms with Crippen molar-refractivity contribution in [2.24, 2.45) is 0 Å². The third kappa shape index (κ3) is 5.19. The number of hydrogen-bond donors (Lipinski definition) is 2. The van der Waals surface area contributed by atoms with Gasteiger partial charge in [0.05, 0.1) is 34.0 Å². The van der Waals surface area contributed by atoms with Crippen molar-refractivity contribution in [3.05, 3.63) is 65.0 Å². The fourth-order valence-electron chi connectivity index (χ4n) is 2.77. The average molecular weight is 469 g/mol. The molecule has 0 unspecified atom stereocenters. The summed E-state index contributed by atoms with van der Waals surface area (Å²) in [5.74, 6) is -1.05. The van der Waals surface area contributed by atoms with Crippen LogP contribution in [0, 0.1) is 11.3 Å². The number of nitrogens with one attached hydrogen (secondary N) is 2. The number of amides is 2. The summed E-state index contributed by atoms with van der Waals surface area (Å²) in [7, 11) is -3.52. The van der Waals surface area contributed by atoms with Gasteiger partial charge in [0.2, 0.25) is 5.91 Å². The Balaban J connectivity index is 1.62. The lowest BCUT2D eigenvalue weighted by Gasteiger charge is -2.10. The molecule has 1 aromatic heterocycles. The van der Waals surface area contributed by atoms with Crippen molar-refractivity contribution in [2.45, 2.75) is 24.0 Å². The van der Waals surface area contributed by atoms with E-state index in [1.165, 1.54) is 35.6 Å². The second kappa shape index (κ2) is 9.72. The fourth-order valence-corrected chi connectivity index (χ4v) is 4.60. The Morgan fingerprint density at radius 1 is 1.16 bits per heavy atom. The predicted molar refractivity (Wildman–Crippen MR) is 122 cm³/mol. The summed E-state index contributed by atoms with van der Waals surface area (Å²) < 4.78 is 24.6. The Hall–Kier alpha value is -3.55. The molecule has 0 bridgehead atoms. The highest BCUT2D eigenvalue weighted by Crippen LogP contribution is 2.27. The highest BCUT2D eigenvalue weighted by atomic mass is 32.2. The first-order valence-corrected chi connectivity index (χ1v) is 12.0. The Labute approximate surface area is 189 Å². The van der Waals surface area contributed by atoms with E-state index in [2.05, 4.69) is 21.7 Å². The monoisotopic (exact) mass is 468 g/mol. The molecule has 164 valence electrons. The highest BCUT2D eigenvalue weighted by Gasteiger charge is 2.20. The second-order valence-electron chi connectivity index (χ2n) is 7.05. The number of sulfone groups is 1. The molecule has 2 N–H and O–H groups in total. The maximum absolute atomic E-state index is 12.4. The highest BCUT2D eigenvalue weighted by molar-refractivity contribution is 7.92. The van der Waals surface area contributed by atoms with Crippen molar-refractivity contribution >= 4 is 38.1 Å². The van der Waals surface area contributed by atoms with E-state index in [0.29, 0.717) is 22.0 Å². The summed E-state index contributed by atoms with van der Waals surface area (Å²) in [6.45, 7) is 2.81. The number of rotatable bonds is 7. The smallest absolute Gasteiger partial charge is 0.251 e. The van der Waals surface area contributed by atoms with Gasteiger partial charge in [-0.2, -0.15) is 5.26 Å². The molecule has 1 heterocycles. The number of anilines is 1. The molecule has 0 saturated heterocycles. The van der Waals surface area contributed by atoms with Gasteiger partial charge in [-0.25, -0.2) is 13.4 Å². The minimum absolute atomic E-state index is 0.0533. The van der Waals surface area contributed by atoms with E-state index in [9.17, 15) is 23.3 Å². The summed E-state index contributed by atoms with van der Waals surface area (Å²) in [5, 5.41) is 15.7. The zero-order valence-electron chi connectivity index (χ0n) is 17.3. The number of thiazole rings is 1. The van der Waals surface area contributed by atoms with E-state index in [-0.39, 0.29) is 17.0 Å². The average Bonchev–Trinajstić information content (AvgIpc) is 3.25. The van der Waals surface area contributed by atoms with E-state index >= 15 is 0 Å². The van der Waals surface area contributed by atoms with Crippen LogP contribution in [-0.2, 0) is 14.6 Å². The van der Waals surface area contributed by atoms with Crippen LogP contribution in [0.2, 0.25) is 0 Å². The Morgan fingerprint density at radius 3 is 2.62 bits per heavy atom. The molecule has 8 nitrogen and oxygen atoms in total. The van der Waals surface area contributed by atoms with Crippen LogP contribution in [0.4, 0.5) is 5.13 Å². The molecule has 0 radical (unpaired) electrons. The maximum atomic E-state index is 12.4. The second-order valence-corrected chi connectivity index (χ2v) is 10.4. The summed E-state index contributed by atoms with van der Waals surface area (Å²) in [6, 6.07) is 14.8. The Kier molecular flexibility index (Phi) is 7.02. The van der Waals surface area contributed by atoms with Gasteiger partial charge < -0.3 is 10.6 Å². The number of carbonyl (C=O) groups is 2. The predicted octanol–water partition coefficient (Wildman–Crippen LogP) is 3.23. The van der Waals surface area contributed by atoms with Crippen LogP contribution < -0.4 is 10.6 Å². The van der Waals surface area contributed by atoms with Crippen LogP contribution in [0.3, 0.4) is 0 Å². The molecule has 0 fully saturated rings. The zero-order chi connectivity index (χ0) is 23.3. The summed E-state index contributed by atoms with van der Waals surface area (Å²) in [5.41, 5.74) is 1.85. The van der Waals surface area contributed by atoms with Gasteiger partial charge in [-0.1, -0.05) is 24.3 Å². The van der Waals surface area contributed by atoms with Gasteiger partial charge in [-0.15, -0.1) is 11.3 Å². The van der Waals surface area contributed by atoms with Crippen LogP contribution in [0.25, 0.3) is 11.3 Å². The topological polar surface area (TPSA) is 129 Å². The van der Waals surface area contributed by atoms with Crippen molar-refractivity contribution in [1.29, 1.82) is 5.26 Å². The molecular formula is C22H20N4O4S2. The number of aromatic nitrogens is 1. The van der Waals surface area contributed by atoms with Crippen LogP contribution in [0.5, 0.6) is 0 Å². The van der Waals surface area contributed by atoms with Crippen molar-refractivity contribution in [3.63, 3.8) is 0 Å². The molecule has 3 aromatic rings. The summed E-state index contributed by atoms with van der Waals surface area (Å²) in [4.78, 5) is 29.0. The maximum Gasteiger partial charge on any atom is 0.251 e. The van der Waals surface area contributed by atoms with Gasteiger partial charge in [-0.3, -0.25) is 9.59 Å². The SMILES string of the molecule is CC(C)S(=O)(=O)c1cccc(C(=O)NCC(=O)Nc2nc(-c3ccccc3C#N)cs2)c1. The van der Waals surface area contributed by atoms with Gasteiger partial charge >= 0.3 is 0 Å². The van der Waals surface area contributed by atoms with E-state index in [1.54, 1.807) is 43.5 Å². The molecular weight excluding hydrogens is 448 g/mol. The number of nitriles is 1. The fraction of sp³-hybridized carbons (Fsp3) is 0.182. The number of nitrogens with zero attached hydrogens (tertiary/aromatic N) is 2. The van der Waals surface area contributed by atoms with Gasteiger partial charge in [0.15, 0.2) is 15.0 Å². The van der Waals surface area contributed by atoms with Crippen molar-refractivity contribution in [1.82, 2.24) is 10.3 Å². The molecule has 2 aromatic carbocycles. The van der Waals surface area contributed by atoms with E-state index in [4.69, 9.17) is 0 Å². The van der Waals surface area contributed by atoms with Gasteiger partial charge in [-0.05, 0) is 38.1 Å². The largest absolute Gasteiger partial charge is 0.343 e. The van der Waals surface area contributed by atoms with E-state index < -0.39 is 26.9 Å². The van der Waals surface area contributed by atoms with Crippen molar-refractivity contribution < 1.29 is 18.0 Å². The molecule has 3 rings (SSSR count). The zero-order valence-corrected chi connectivity index (χ0v) is 19.0. The van der Waals surface area contributed by atoms with Crippen molar-refractivity contribution in [2.75, 3.05) is 11.9 Å². The van der Waals surface area contributed by atoms with Gasteiger partial charge in [0.25, 0.3) is 5.91 Å². The first-order chi connectivity index (χ1) is 15.2. The molecule has 2 amide bonds. The third-order valence-electron chi connectivity index (χ3n) is 4.53. The Bertz CT molecular complexity index is 1310. The lowest BCUT2D eigenvalue weighted by atomic mass is 10.1. The lowest BCUT2D eigenvalue weighted by Crippen LogP contribution is -2.33.